The van der Waals surface area contributed by atoms with Crippen molar-refractivity contribution in [1.82, 2.24) is 0 Å². The molecule has 0 saturated heterocycles. The quantitative estimate of drug-likeness (QED) is 0.442. The number of esters is 1. The fourth-order valence-corrected chi connectivity index (χ4v) is 2.85. The van der Waals surface area contributed by atoms with Gasteiger partial charge in [-0.05, 0) is 67.6 Å². The molecule has 0 heterocycles. The minimum absolute atomic E-state index is 0.273. The first-order chi connectivity index (χ1) is 16.0. The Hall–Kier alpha value is -4.57. The first kappa shape index (κ1) is 23.1. The van der Waals surface area contributed by atoms with Gasteiger partial charge in [-0.25, -0.2) is 9.59 Å². The van der Waals surface area contributed by atoms with Crippen LogP contribution < -0.4 is 10.6 Å². The predicted octanol–water partition coefficient (Wildman–Crippen LogP) is 4.69. The smallest absolute Gasteiger partial charge is 0.411 e. The lowest BCUT2D eigenvalue weighted by atomic mass is 10.1. The molecule has 0 fully saturated rings. The average Bonchev–Trinajstić information content (AvgIpc) is 2.83. The molecule has 0 bridgehead atoms. The van der Waals surface area contributed by atoms with Crippen LogP contribution in [0, 0.1) is 11.8 Å². The van der Waals surface area contributed by atoms with Crippen LogP contribution in [0.1, 0.15) is 38.8 Å². The molecule has 7 heteroatoms. The van der Waals surface area contributed by atoms with Crippen molar-refractivity contribution >= 4 is 29.3 Å². The van der Waals surface area contributed by atoms with Crippen LogP contribution >= 0.6 is 0 Å². The lowest BCUT2D eigenvalue weighted by Gasteiger charge is -2.08. The Bertz CT molecular complexity index is 1220. The van der Waals surface area contributed by atoms with E-state index in [0.29, 0.717) is 33.6 Å². The molecule has 0 aliphatic carbocycles. The maximum atomic E-state index is 12.6. The molecule has 0 atom stereocenters. The second kappa shape index (κ2) is 11.2. The normalized spacial score (nSPS) is 9.76. The summed E-state index contributed by atoms with van der Waals surface area (Å²) in [6.45, 7) is 1.99. The molecule has 0 unspecified atom stereocenters. The summed E-state index contributed by atoms with van der Waals surface area (Å²) >= 11 is 0. The third-order valence-corrected chi connectivity index (χ3v) is 4.42. The van der Waals surface area contributed by atoms with Gasteiger partial charge in [-0.1, -0.05) is 24.0 Å². The van der Waals surface area contributed by atoms with Crippen LogP contribution in [0.5, 0.6) is 0 Å². The van der Waals surface area contributed by atoms with Crippen molar-refractivity contribution in [1.29, 1.82) is 0 Å². The average molecular weight is 442 g/mol. The number of benzene rings is 3. The first-order valence-corrected chi connectivity index (χ1v) is 10.1. The molecular weight excluding hydrogens is 420 g/mol. The van der Waals surface area contributed by atoms with Crippen LogP contribution in [0.25, 0.3) is 0 Å². The number of carbonyl (C=O) groups excluding carboxylic acids is 3. The Morgan fingerprint density at radius 3 is 2.12 bits per heavy atom. The molecule has 166 valence electrons. The Morgan fingerprint density at radius 1 is 0.788 bits per heavy atom. The SMILES string of the molecule is CCOC(=O)Nc1ccc(C(=O)Nc2cccc(C#Cc3cccc(C(=O)OC)c3)c2)cc1. The van der Waals surface area contributed by atoms with E-state index in [2.05, 4.69) is 22.5 Å². The van der Waals surface area contributed by atoms with Gasteiger partial charge in [0.2, 0.25) is 0 Å². The Kier molecular flexibility index (Phi) is 7.81. The highest BCUT2D eigenvalue weighted by atomic mass is 16.5. The topological polar surface area (TPSA) is 93.7 Å². The van der Waals surface area contributed by atoms with Crippen LogP contribution in [-0.2, 0) is 9.47 Å². The van der Waals surface area contributed by atoms with Gasteiger partial charge in [0, 0.05) is 28.1 Å². The van der Waals surface area contributed by atoms with E-state index in [-0.39, 0.29) is 12.5 Å². The fraction of sp³-hybridized carbons (Fsp3) is 0.115. The molecular formula is C26H22N2O5. The highest BCUT2D eigenvalue weighted by Crippen LogP contribution is 2.15. The summed E-state index contributed by atoms with van der Waals surface area (Å²) in [5.74, 6) is 5.32. The number of anilines is 2. The molecule has 3 rings (SSSR count). The van der Waals surface area contributed by atoms with E-state index in [1.807, 2.05) is 6.07 Å². The highest BCUT2D eigenvalue weighted by molar-refractivity contribution is 6.04. The van der Waals surface area contributed by atoms with E-state index in [4.69, 9.17) is 9.47 Å². The minimum Gasteiger partial charge on any atom is -0.465 e. The van der Waals surface area contributed by atoms with Crippen molar-refractivity contribution in [2.45, 2.75) is 6.92 Å². The van der Waals surface area contributed by atoms with Gasteiger partial charge in [0.15, 0.2) is 0 Å². The van der Waals surface area contributed by atoms with Crippen LogP contribution in [-0.4, -0.2) is 31.7 Å². The van der Waals surface area contributed by atoms with E-state index in [9.17, 15) is 14.4 Å². The molecule has 33 heavy (non-hydrogen) atoms. The maximum Gasteiger partial charge on any atom is 0.411 e. The summed E-state index contributed by atoms with van der Waals surface area (Å²) in [6, 6.07) is 20.4. The van der Waals surface area contributed by atoms with Crippen LogP contribution in [0.4, 0.5) is 16.2 Å². The number of nitrogens with one attached hydrogen (secondary N) is 2. The fourth-order valence-electron chi connectivity index (χ4n) is 2.85. The maximum absolute atomic E-state index is 12.6. The molecule has 0 saturated carbocycles. The minimum atomic E-state index is -0.551. The van der Waals surface area contributed by atoms with Gasteiger partial charge < -0.3 is 14.8 Å². The number of hydrogen-bond acceptors (Lipinski definition) is 5. The Balaban J connectivity index is 1.67. The molecule has 0 aromatic heterocycles. The third kappa shape index (κ3) is 6.71. The van der Waals surface area contributed by atoms with Crippen molar-refractivity contribution in [3.05, 3.63) is 95.1 Å². The summed E-state index contributed by atoms with van der Waals surface area (Å²) < 4.78 is 9.55. The molecule has 0 spiro atoms. The van der Waals surface area contributed by atoms with E-state index >= 15 is 0 Å². The van der Waals surface area contributed by atoms with Crippen molar-refractivity contribution in [2.75, 3.05) is 24.4 Å². The largest absolute Gasteiger partial charge is 0.465 e. The number of methoxy groups -OCH3 is 1. The number of carbonyl (C=O) groups is 3. The van der Waals surface area contributed by atoms with Crippen molar-refractivity contribution < 1.29 is 23.9 Å². The van der Waals surface area contributed by atoms with E-state index < -0.39 is 12.1 Å². The Labute approximate surface area is 191 Å². The van der Waals surface area contributed by atoms with Gasteiger partial charge in [0.25, 0.3) is 5.91 Å². The summed E-state index contributed by atoms with van der Waals surface area (Å²) in [4.78, 5) is 35.7. The summed E-state index contributed by atoms with van der Waals surface area (Å²) in [5, 5.41) is 5.40. The zero-order valence-corrected chi connectivity index (χ0v) is 18.2. The summed E-state index contributed by atoms with van der Waals surface area (Å²) in [6.07, 6.45) is -0.551. The third-order valence-electron chi connectivity index (χ3n) is 4.42. The Morgan fingerprint density at radius 2 is 1.45 bits per heavy atom. The monoisotopic (exact) mass is 442 g/mol. The molecule has 0 aliphatic rings. The molecule has 2 amide bonds. The molecule has 3 aromatic rings. The number of hydrogen-bond donors (Lipinski definition) is 2. The molecule has 7 nitrogen and oxygen atoms in total. The zero-order valence-electron chi connectivity index (χ0n) is 18.2. The standard InChI is InChI=1S/C26H22N2O5/c1-3-33-26(31)28-22-14-12-20(13-15-22)24(29)27-23-9-5-7-19(17-23)11-10-18-6-4-8-21(16-18)25(30)32-2/h4-9,12-17H,3H2,1-2H3,(H,27,29)(H,28,31). The van der Waals surface area contributed by atoms with E-state index in [1.54, 1.807) is 73.7 Å². The number of rotatable bonds is 5. The number of amides is 2. The molecule has 3 aromatic carbocycles. The van der Waals surface area contributed by atoms with Gasteiger partial charge in [-0.2, -0.15) is 0 Å². The van der Waals surface area contributed by atoms with Crippen LogP contribution in [0.15, 0.2) is 72.8 Å². The van der Waals surface area contributed by atoms with Crippen LogP contribution in [0.3, 0.4) is 0 Å². The lowest BCUT2D eigenvalue weighted by Crippen LogP contribution is -2.14. The van der Waals surface area contributed by atoms with E-state index in [1.165, 1.54) is 7.11 Å². The molecule has 0 aliphatic heterocycles. The predicted molar refractivity (Wildman–Crippen MR) is 125 cm³/mol. The first-order valence-electron chi connectivity index (χ1n) is 10.1. The zero-order chi connectivity index (χ0) is 23.6. The second-order valence-corrected chi connectivity index (χ2v) is 6.78. The van der Waals surface area contributed by atoms with Gasteiger partial charge in [0.05, 0.1) is 19.3 Å². The van der Waals surface area contributed by atoms with Crippen molar-refractivity contribution in [3.8, 4) is 11.8 Å². The van der Waals surface area contributed by atoms with Gasteiger partial charge >= 0.3 is 12.1 Å². The van der Waals surface area contributed by atoms with Crippen molar-refractivity contribution in [2.24, 2.45) is 0 Å². The summed E-state index contributed by atoms with van der Waals surface area (Å²) in [7, 11) is 1.33. The number of ether oxygens (including phenoxy) is 2. The molecule has 2 N–H and O–H groups in total. The second-order valence-electron chi connectivity index (χ2n) is 6.78. The van der Waals surface area contributed by atoms with Gasteiger partial charge in [-0.15, -0.1) is 0 Å². The van der Waals surface area contributed by atoms with Crippen molar-refractivity contribution in [3.63, 3.8) is 0 Å². The van der Waals surface area contributed by atoms with Gasteiger partial charge in [-0.3, -0.25) is 10.1 Å². The van der Waals surface area contributed by atoms with Crippen LogP contribution in [0.2, 0.25) is 0 Å². The molecule has 0 radical (unpaired) electrons. The van der Waals surface area contributed by atoms with Gasteiger partial charge in [0.1, 0.15) is 0 Å². The lowest BCUT2D eigenvalue weighted by molar-refractivity contribution is 0.0600. The van der Waals surface area contributed by atoms with E-state index in [0.717, 1.165) is 0 Å². The highest BCUT2D eigenvalue weighted by Gasteiger charge is 2.08. The summed E-state index contributed by atoms with van der Waals surface area (Å²) in [5.41, 5.74) is 3.34.